The molecule has 0 radical (unpaired) electrons. The zero-order chi connectivity index (χ0) is 13.8. The molecule has 2 rings (SSSR count). The number of ether oxygens (including phenoxy) is 1. The van der Waals surface area contributed by atoms with Crippen LogP contribution in [0.2, 0.25) is 0 Å². The maximum atomic E-state index is 10.0. The molecular weight excluding hydrogens is 240 g/mol. The van der Waals surface area contributed by atoms with E-state index in [1.54, 1.807) is 0 Å². The molecule has 1 aliphatic heterocycles. The van der Waals surface area contributed by atoms with Crippen LogP contribution in [0.1, 0.15) is 25.8 Å². The van der Waals surface area contributed by atoms with Crippen molar-refractivity contribution in [1.82, 2.24) is 5.06 Å². The maximum Gasteiger partial charge on any atom is 0.148 e. The summed E-state index contributed by atoms with van der Waals surface area (Å²) < 4.78 is 5.88. The van der Waals surface area contributed by atoms with Gasteiger partial charge >= 0.3 is 0 Å². The standard InChI is InChI=1S/C15H20N2O2/c1-3-13-11(2)15(14(9-16)17(13)18)19-10-12-7-5-4-6-8-12/h4-8,11,13-15,18H,3,10H2,1-2H3/t11-,13-,14+,15-/m0/s1. The van der Waals surface area contributed by atoms with E-state index in [-0.39, 0.29) is 18.1 Å². The molecule has 1 aromatic rings. The highest BCUT2D eigenvalue weighted by Crippen LogP contribution is 2.32. The first kappa shape index (κ1) is 14.0. The van der Waals surface area contributed by atoms with Gasteiger partial charge in [0.1, 0.15) is 6.04 Å². The minimum atomic E-state index is -0.580. The Labute approximate surface area is 114 Å². The van der Waals surface area contributed by atoms with Crippen molar-refractivity contribution in [1.29, 1.82) is 5.26 Å². The maximum absolute atomic E-state index is 10.0. The van der Waals surface area contributed by atoms with Crippen LogP contribution in [0.5, 0.6) is 0 Å². The molecule has 0 bridgehead atoms. The Kier molecular flexibility index (Phi) is 4.54. The molecule has 4 nitrogen and oxygen atoms in total. The highest BCUT2D eigenvalue weighted by molar-refractivity contribution is 5.14. The van der Waals surface area contributed by atoms with Gasteiger partial charge in [0.05, 0.1) is 18.8 Å². The Hall–Kier alpha value is -1.41. The van der Waals surface area contributed by atoms with Gasteiger partial charge in [-0.2, -0.15) is 10.3 Å². The molecule has 0 aliphatic carbocycles. The second-order valence-corrected chi connectivity index (χ2v) is 5.05. The Morgan fingerprint density at radius 1 is 1.37 bits per heavy atom. The predicted octanol–water partition coefficient (Wildman–Crippen LogP) is 2.58. The summed E-state index contributed by atoms with van der Waals surface area (Å²) in [5.41, 5.74) is 1.08. The van der Waals surface area contributed by atoms with Crippen molar-refractivity contribution >= 4 is 0 Å². The highest BCUT2D eigenvalue weighted by Gasteiger charge is 2.46. The second-order valence-electron chi connectivity index (χ2n) is 5.05. The molecule has 4 atom stereocenters. The largest absolute Gasteiger partial charge is 0.370 e. The lowest BCUT2D eigenvalue weighted by Crippen LogP contribution is -2.35. The molecule has 1 heterocycles. The molecule has 0 unspecified atom stereocenters. The van der Waals surface area contributed by atoms with E-state index in [1.165, 1.54) is 5.06 Å². The summed E-state index contributed by atoms with van der Waals surface area (Å²) in [5.74, 6) is 0.142. The second kappa shape index (κ2) is 6.16. The molecule has 1 fully saturated rings. The fourth-order valence-electron chi connectivity index (χ4n) is 2.81. The van der Waals surface area contributed by atoms with Crippen LogP contribution >= 0.6 is 0 Å². The van der Waals surface area contributed by atoms with Crippen LogP contribution in [0, 0.1) is 17.2 Å². The first-order valence-corrected chi connectivity index (χ1v) is 6.71. The zero-order valence-electron chi connectivity index (χ0n) is 11.4. The first-order valence-electron chi connectivity index (χ1n) is 6.71. The molecule has 0 spiro atoms. The van der Waals surface area contributed by atoms with Crippen LogP contribution in [0.4, 0.5) is 0 Å². The fraction of sp³-hybridized carbons (Fsp3) is 0.533. The number of benzene rings is 1. The SMILES string of the molecule is CC[C@H]1[C@H](C)[C@H](OCc2ccccc2)[C@@H](C#N)N1O. The predicted molar refractivity (Wildman–Crippen MR) is 71.3 cm³/mol. The van der Waals surface area contributed by atoms with Gasteiger partial charge in [0, 0.05) is 12.0 Å². The van der Waals surface area contributed by atoms with Crippen molar-refractivity contribution in [3.05, 3.63) is 35.9 Å². The molecule has 4 heteroatoms. The lowest BCUT2D eigenvalue weighted by Gasteiger charge is -2.19. The highest BCUT2D eigenvalue weighted by atomic mass is 16.5. The molecule has 1 aliphatic rings. The van der Waals surface area contributed by atoms with Gasteiger partial charge in [-0.15, -0.1) is 0 Å². The van der Waals surface area contributed by atoms with Crippen LogP contribution in [0.3, 0.4) is 0 Å². The van der Waals surface area contributed by atoms with Crippen molar-refractivity contribution in [2.45, 2.75) is 45.1 Å². The minimum Gasteiger partial charge on any atom is -0.370 e. The summed E-state index contributed by atoms with van der Waals surface area (Å²) >= 11 is 0. The van der Waals surface area contributed by atoms with Crippen LogP contribution in [-0.4, -0.2) is 28.5 Å². The summed E-state index contributed by atoms with van der Waals surface area (Å²) in [5, 5.41) is 20.4. The topological polar surface area (TPSA) is 56.5 Å². The quantitative estimate of drug-likeness (QED) is 0.904. The van der Waals surface area contributed by atoms with E-state index in [4.69, 9.17) is 4.74 Å². The van der Waals surface area contributed by atoms with Crippen molar-refractivity contribution in [3.8, 4) is 6.07 Å². The number of hydroxylamine groups is 2. The van der Waals surface area contributed by atoms with Crippen molar-refractivity contribution in [2.24, 2.45) is 5.92 Å². The summed E-state index contributed by atoms with van der Waals surface area (Å²) in [7, 11) is 0. The van der Waals surface area contributed by atoms with Crippen LogP contribution in [0.15, 0.2) is 30.3 Å². The average Bonchev–Trinajstić information content (AvgIpc) is 2.67. The molecule has 19 heavy (non-hydrogen) atoms. The summed E-state index contributed by atoms with van der Waals surface area (Å²) in [6.07, 6.45) is 0.557. The third kappa shape index (κ3) is 2.79. The number of nitrogens with zero attached hydrogens (tertiary/aromatic N) is 2. The Morgan fingerprint density at radius 2 is 2.05 bits per heavy atom. The van der Waals surface area contributed by atoms with Gasteiger partial charge in [0.25, 0.3) is 0 Å². The van der Waals surface area contributed by atoms with Crippen molar-refractivity contribution in [2.75, 3.05) is 0 Å². The Bertz CT molecular complexity index is 443. The monoisotopic (exact) mass is 260 g/mol. The van der Waals surface area contributed by atoms with E-state index in [9.17, 15) is 10.5 Å². The first-order chi connectivity index (χ1) is 9.19. The number of rotatable bonds is 4. The zero-order valence-corrected chi connectivity index (χ0v) is 11.4. The fourth-order valence-corrected chi connectivity index (χ4v) is 2.81. The van der Waals surface area contributed by atoms with Crippen LogP contribution in [-0.2, 0) is 11.3 Å². The normalized spacial score (nSPS) is 31.3. The summed E-state index contributed by atoms with van der Waals surface area (Å²) in [4.78, 5) is 0. The number of nitriles is 1. The van der Waals surface area contributed by atoms with Gasteiger partial charge in [-0.05, 0) is 12.0 Å². The molecule has 102 valence electrons. The molecule has 0 aromatic heterocycles. The van der Waals surface area contributed by atoms with Gasteiger partial charge in [-0.1, -0.05) is 44.2 Å². The van der Waals surface area contributed by atoms with Crippen LogP contribution in [0.25, 0.3) is 0 Å². The molecule has 1 aromatic carbocycles. The summed E-state index contributed by atoms with van der Waals surface area (Å²) in [6, 6.07) is 11.4. The Morgan fingerprint density at radius 3 is 2.63 bits per heavy atom. The summed E-state index contributed by atoms with van der Waals surface area (Å²) in [6.45, 7) is 4.51. The van der Waals surface area contributed by atoms with E-state index < -0.39 is 6.04 Å². The van der Waals surface area contributed by atoms with E-state index in [0.717, 1.165) is 12.0 Å². The lowest BCUT2D eigenvalue weighted by molar-refractivity contribution is -0.133. The smallest absolute Gasteiger partial charge is 0.148 e. The van der Waals surface area contributed by atoms with Gasteiger partial charge in [0.15, 0.2) is 0 Å². The van der Waals surface area contributed by atoms with Gasteiger partial charge < -0.3 is 9.94 Å². The van der Waals surface area contributed by atoms with E-state index >= 15 is 0 Å². The Balaban J connectivity index is 2.04. The molecule has 0 amide bonds. The van der Waals surface area contributed by atoms with E-state index in [2.05, 4.69) is 6.07 Å². The van der Waals surface area contributed by atoms with Gasteiger partial charge in [-0.25, -0.2) is 0 Å². The number of hydrogen-bond acceptors (Lipinski definition) is 4. The molecular formula is C15H20N2O2. The van der Waals surface area contributed by atoms with Crippen molar-refractivity contribution < 1.29 is 9.94 Å². The van der Waals surface area contributed by atoms with Crippen LogP contribution < -0.4 is 0 Å². The van der Waals surface area contributed by atoms with Gasteiger partial charge in [-0.3, -0.25) is 0 Å². The average molecular weight is 260 g/mol. The van der Waals surface area contributed by atoms with Gasteiger partial charge in [0.2, 0.25) is 0 Å². The molecule has 1 saturated heterocycles. The third-order valence-corrected chi connectivity index (χ3v) is 3.90. The third-order valence-electron chi connectivity index (χ3n) is 3.90. The van der Waals surface area contributed by atoms with Crippen molar-refractivity contribution in [3.63, 3.8) is 0 Å². The van der Waals surface area contributed by atoms with E-state index in [0.29, 0.717) is 6.61 Å². The minimum absolute atomic E-state index is 0.00887. The molecule has 1 N–H and O–H groups in total. The molecule has 0 saturated carbocycles. The number of hydrogen-bond donors (Lipinski definition) is 1. The van der Waals surface area contributed by atoms with E-state index in [1.807, 2.05) is 44.2 Å². The lowest BCUT2D eigenvalue weighted by atomic mass is 9.97.